The van der Waals surface area contributed by atoms with Crippen LogP contribution in [-0.4, -0.2) is 23.3 Å². The van der Waals surface area contributed by atoms with Gasteiger partial charge in [-0.25, -0.2) is 4.79 Å². The molecule has 0 amide bonds. The van der Waals surface area contributed by atoms with E-state index in [0.717, 1.165) is 5.75 Å². The number of nitro groups is 1. The Bertz CT molecular complexity index is 745. The van der Waals surface area contributed by atoms with E-state index < -0.39 is 10.9 Å². The lowest BCUT2D eigenvalue weighted by molar-refractivity contribution is -0.384. The molecule has 0 saturated heterocycles. The standard InChI is InChI=1S/C17H17N3O5/c18-17(13-8-10-14(11-9-13)20(22)23)19-25-16(21)7-4-12-24-15-5-2-1-3-6-15/h1-3,5-6,8-11H,4,7,12H2,(H2,18,19). The average molecular weight is 343 g/mol. The summed E-state index contributed by atoms with van der Waals surface area (Å²) in [4.78, 5) is 26.4. The first-order valence-electron chi connectivity index (χ1n) is 7.52. The van der Waals surface area contributed by atoms with Crippen molar-refractivity contribution in [2.24, 2.45) is 10.9 Å². The number of ether oxygens (including phenoxy) is 1. The van der Waals surface area contributed by atoms with Crippen molar-refractivity contribution in [1.29, 1.82) is 0 Å². The summed E-state index contributed by atoms with van der Waals surface area (Å²) < 4.78 is 5.46. The highest BCUT2D eigenvalue weighted by Gasteiger charge is 2.08. The molecule has 2 aromatic rings. The SMILES string of the molecule is NC(=NOC(=O)CCCOc1ccccc1)c1ccc([N+](=O)[O-])cc1. The molecule has 0 aliphatic carbocycles. The molecule has 130 valence electrons. The zero-order chi connectivity index (χ0) is 18.1. The smallest absolute Gasteiger partial charge is 0.335 e. The Balaban J connectivity index is 1.74. The maximum absolute atomic E-state index is 11.6. The number of nitro benzene ring substituents is 1. The van der Waals surface area contributed by atoms with E-state index in [1.54, 1.807) is 0 Å². The second-order valence-corrected chi connectivity index (χ2v) is 5.01. The lowest BCUT2D eigenvalue weighted by Crippen LogP contribution is -2.15. The van der Waals surface area contributed by atoms with E-state index in [0.29, 0.717) is 18.6 Å². The Kier molecular flexibility index (Phi) is 6.47. The highest BCUT2D eigenvalue weighted by molar-refractivity contribution is 5.97. The van der Waals surface area contributed by atoms with Crippen LogP contribution in [-0.2, 0) is 9.63 Å². The van der Waals surface area contributed by atoms with Crippen molar-refractivity contribution in [3.8, 4) is 5.75 Å². The normalized spacial score (nSPS) is 11.0. The molecular formula is C17H17N3O5. The lowest BCUT2D eigenvalue weighted by Gasteiger charge is -2.05. The van der Waals surface area contributed by atoms with Crippen LogP contribution in [0.5, 0.6) is 5.75 Å². The topological polar surface area (TPSA) is 117 Å². The number of benzene rings is 2. The van der Waals surface area contributed by atoms with Gasteiger partial charge in [-0.15, -0.1) is 0 Å². The summed E-state index contributed by atoms with van der Waals surface area (Å²) in [6.07, 6.45) is 0.602. The van der Waals surface area contributed by atoms with E-state index in [-0.39, 0.29) is 17.9 Å². The summed E-state index contributed by atoms with van der Waals surface area (Å²) in [6.45, 7) is 0.376. The molecule has 0 atom stereocenters. The number of carbonyl (C=O) groups excluding carboxylic acids is 1. The van der Waals surface area contributed by atoms with Crippen molar-refractivity contribution in [3.63, 3.8) is 0 Å². The summed E-state index contributed by atoms with van der Waals surface area (Å²) in [5, 5.41) is 14.1. The van der Waals surface area contributed by atoms with Crippen molar-refractivity contribution in [2.75, 3.05) is 6.61 Å². The van der Waals surface area contributed by atoms with E-state index in [1.165, 1.54) is 24.3 Å². The number of rotatable bonds is 8. The Labute approximate surface area is 144 Å². The van der Waals surface area contributed by atoms with Crippen molar-refractivity contribution in [3.05, 3.63) is 70.3 Å². The van der Waals surface area contributed by atoms with Crippen molar-refractivity contribution in [2.45, 2.75) is 12.8 Å². The third-order valence-electron chi connectivity index (χ3n) is 3.16. The molecule has 2 N–H and O–H groups in total. The monoisotopic (exact) mass is 343 g/mol. The average Bonchev–Trinajstić information content (AvgIpc) is 2.64. The molecule has 0 fully saturated rings. The fraction of sp³-hybridized carbons (Fsp3) is 0.176. The number of hydrogen-bond acceptors (Lipinski definition) is 6. The number of hydrogen-bond donors (Lipinski definition) is 1. The highest BCUT2D eigenvalue weighted by atomic mass is 16.7. The summed E-state index contributed by atoms with van der Waals surface area (Å²) in [6, 6.07) is 14.7. The molecule has 0 aliphatic rings. The second-order valence-electron chi connectivity index (χ2n) is 5.01. The number of non-ortho nitro benzene ring substituents is 1. The zero-order valence-corrected chi connectivity index (χ0v) is 13.3. The van der Waals surface area contributed by atoms with E-state index in [9.17, 15) is 14.9 Å². The van der Waals surface area contributed by atoms with Crippen LogP contribution in [0, 0.1) is 10.1 Å². The summed E-state index contributed by atoms with van der Waals surface area (Å²) in [5.41, 5.74) is 6.04. The zero-order valence-electron chi connectivity index (χ0n) is 13.3. The van der Waals surface area contributed by atoms with Crippen molar-refractivity contribution >= 4 is 17.5 Å². The minimum absolute atomic E-state index is 0.0382. The van der Waals surface area contributed by atoms with Gasteiger partial charge in [-0.2, -0.15) is 0 Å². The third kappa shape index (κ3) is 5.94. The first kappa shape index (κ1) is 17.9. The molecule has 2 aromatic carbocycles. The number of nitrogens with zero attached hydrogens (tertiary/aromatic N) is 2. The molecule has 0 aromatic heterocycles. The largest absolute Gasteiger partial charge is 0.494 e. The van der Waals surface area contributed by atoms with Gasteiger partial charge in [0.25, 0.3) is 5.69 Å². The van der Waals surface area contributed by atoms with Crippen LogP contribution in [0.4, 0.5) is 5.69 Å². The van der Waals surface area contributed by atoms with Crippen LogP contribution in [0.1, 0.15) is 18.4 Å². The Morgan fingerprint density at radius 3 is 2.44 bits per heavy atom. The summed E-state index contributed by atoms with van der Waals surface area (Å²) in [5.74, 6) is 0.154. The predicted molar refractivity (Wildman–Crippen MR) is 91.1 cm³/mol. The molecule has 0 spiro atoms. The first-order chi connectivity index (χ1) is 12.1. The molecule has 8 nitrogen and oxygen atoms in total. The van der Waals surface area contributed by atoms with E-state index in [4.69, 9.17) is 15.3 Å². The first-order valence-corrected chi connectivity index (χ1v) is 7.52. The third-order valence-corrected chi connectivity index (χ3v) is 3.16. The molecule has 0 aliphatic heterocycles. The molecule has 2 rings (SSSR count). The molecule has 8 heteroatoms. The minimum atomic E-state index is -0.540. The molecule has 0 heterocycles. The lowest BCUT2D eigenvalue weighted by atomic mass is 10.2. The maximum atomic E-state index is 11.6. The van der Waals surface area contributed by atoms with Gasteiger partial charge in [0.2, 0.25) is 0 Å². The summed E-state index contributed by atoms with van der Waals surface area (Å²) in [7, 11) is 0. The number of amidine groups is 1. The highest BCUT2D eigenvalue weighted by Crippen LogP contribution is 2.12. The van der Waals surface area contributed by atoms with Crippen LogP contribution in [0.15, 0.2) is 59.8 Å². The Morgan fingerprint density at radius 2 is 1.80 bits per heavy atom. The molecule has 0 radical (unpaired) electrons. The van der Waals surface area contributed by atoms with Crippen molar-refractivity contribution < 1.29 is 19.3 Å². The fourth-order valence-electron chi connectivity index (χ4n) is 1.88. The van der Waals surface area contributed by atoms with Crippen LogP contribution in [0.25, 0.3) is 0 Å². The van der Waals surface area contributed by atoms with Gasteiger partial charge in [0.05, 0.1) is 18.0 Å². The van der Waals surface area contributed by atoms with Crippen molar-refractivity contribution in [1.82, 2.24) is 0 Å². The van der Waals surface area contributed by atoms with Gasteiger partial charge in [-0.05, 0) is 30.7 Å². The molecular weight excluding hydrogens is 326 g/mol. The number of para-hydroxylation sites is 1. The molecule has 0 bridgehead atoms. The number of nitrogens with two attached hydrogens (primary N) is 1. The summed E-state index contributed by atoms with van der Waals surface area (Å²) >= 11 is 0. The van der Waals surface area contributed by atoms with E-state index in [2.05, 4.69) is 5.16 Å². The van der Waals surface area contributed by atoms with Crippen LogP contribution >= 0.6 is 0 Å². The van der Waals surface area contributed by atoms with Gasteiger partial charge < -0.3 is 15.3 Å². The maximum Gasteiger partial charge on any atom is 0.335 e. The van der Waals surface area contributed by atoms with E-state index >= 15 is 0 Å². The number of carbonyl (C=O) groups is 1. The predicted octanol–water partition coefficient (Wildman–Crippen LogP) is 2.62. The van der Waals surface area contributed by atoms with Crippen LogP contribution in [0.3, 0.4) is 0 Å². The van der Waals surface area contributed by atoms with Crippen LogP contribution in [0.2, 0.25) is 0 Å². The van der Waals surface area contributed by atoms with Gasteiger partial charge in [0.15, 0.2) is 5.84 Å². The molecule has 0 saturated carbocycles. The van der Waals surface area contributed by atoms with Gasteiger partial charge in [0.1, 0.15) is 5.75 Å². The Morgan fingerprint density at radius 1 is 1.12 bits per heavy atom. The molecule has 0 unspecified atom stereocenters. The second kappa shape index (κ2) is 9.02. The van der Waals surface area contributed by atoms with Gasteiger partial charge in [-0.1, -0.05) is 23.4 Å². The Hall–Kier alpha value is -3.42. The number of oxime groups is 1. The van der Waals surface area contributed by atoms with E-state index in [1.807, 2.05) is 30.3 Å². The van der Waals surface area contributed by atoms with Gasteiger partial charge >= 0.3 is 5.97 Å². The van der Waals surface area contributed by atoms with Gasteiger partial charge in [0, 0.05) is 17.7 Å². The quantitative estimate of drug-likeness (QED) is 0.197. The van der Waals surface area contributed by atoms with Gasteiger partial charge in [-0.3, -0.25) is 10.1 Å². The van der Waals surface area contributed by atoms with Crippen LogP contribution < -0.4 is 10.5 Å². The fourth-order valence-corrected chi connectivity index (χ4v) is 1.88. The molecule has 25 heavy (non-hydrogen) atoms. The minimum Gasteiger partial charge on any atom is -0.494 e.